The standard InChI is InChI=1S/C15H23BO2S/c1-14(2)15(3,4)18-16(17-14)13-8-6-12(7-9-13)10-11-19-5/h6-9H,10-11H2,1-5H3. The smallest absolute Gasteiger partial charge is 0.399 e. The van der Waals surface area contributed by atoms with Gasteiger partial charge in [-0.2, -0.15) is 11.8 Å². The van der Waals surface area contributed by atoms with Crippen molar-refractivity contribution in [2.45, 2.75) is 45.3 Å². The lowest BCUT2D eigenvalue weighted by molar-refractivity contribution is 0.00578. The molecule has 2 rings (SSSR count). The molecule has 1 aromatic rings. The van der Waals surface area contributed by atoms with Crippen molar-refractivity contribution in [1.29, 1.82) is 0 Å². The van der Waals surface area contributed by atoms with Gasteiger partial charge in [-0.15, -0.1) is 0 Å². The Hall–Kier alpha value is -0.445. The molecule has 19 heavy (non-hydrogen) atoms. The summed E-state index contributed by atoms with van der Waals surface area (Å²) >= 11 is 1.88. The van der Waals surface area contributed by atoms with Crippen molar-refractivity contribution in [3.63, 3.8) is 0 Å². The second-order valence-electron chi connectivity index (χ2n) is 6.07. The first-order chi connectivity index (χ1) is 8.86. The molecule has 1 aliphatic heterocycles. The van der Waals surface area contributed by atoms with Crippen LogP contribution in [0.2, 0.25) is 0 Å². The number of aryl methyl sites for hydroxylation is 1. The van der Waals surface area contributed by atoms with Crippen LogP contribution in [0.25, 0.3) is 0 Å². The molecule has 0 unspecified atom stereocenters. The summed E-state index contributed by atoms with van der Waals surface area (Å²) < 4.78 is 12.1. The van der Waals surface area contributed by atoms with E-state index in [9.17, 15) is 0 Å². The third-order valence-corrected chi connectivity index (χ3v) is 4.71. The van der Waals surface area contributed by atoms with Crippen molar-refractivity contribution in [3.8, 4) is 0 Å². The van der Waals surface area contributed by atoms with Gasteiger partial charge in [-0.3, -0.25) is 0 Å². The second-order valence-corrected chi connectivity index (χ2v) is 7.06. The average molecular weight is 278 g/mol. The normalized spacial score (nSPS) is 20.8. The Labute approximate surface area is 121 Å². The molecular formula is C15H23BO2S. The van der Waals surface area contributed by atoms with Crippen LogP contribution in [0.15, 0.2) is 24.3 Å². The Kier molecular flexibility index (Phi) is 4.33. The van der Waals surface area contributed by atoms with Crippen LogP contribution in [0.5, 0.6) is 0 Å². The first-order valence-electron chi connectivity index (χ1n) is 6.79. The maximum absolute atomic E-state index is 6.04. The van der Waals surface area contributed by atoms with E-state index in [1.807, 2.05) is 11.8 Å². The minimum atomic E-state index is -0.269. The SMILES string of the molecule is CSCCc1ccc(B2OC(C)(C)C(C)(C)O2)cc1. The highest BCUT2D eigenvalue weighted by Crippen LogP contribution is 2.36. The number of hydrogen-bond donors (Lipinski definition) is 0. The summed E-state index contributed by atoms with van der Waals surface area (Å²) in [4.78, 5) is 0. The van der Waals surface area contributed by atoms with Crippen molar-refractivity contribution >= 4 is 24.3 Å². The lowest BCUT2D eigenvalue weighted by Crippen LogP contribution is -2.41. The molecule has 1 aliphatic rings. The Morgan fingerprint density at radius 1 is 1.00 bits per heavy atom. The zero-order valence-corrected chi connectivity index (χ0v) is 13.3. The maximum atomic E-state index is 6.04. The van der Waals surface area contributed by atoms with Gasteiger partial charge in [0.1, 0.15) is 0 Å². The van der Waals surface area contributed by atoms with Gasteiger partial charge in [0.05, 0.1) is 11.2 Å². The highest BCUT2D eigenvalue weighted by atomic mass is 32.2. The van der Waals surface area contributed by atoms with Crippen LogP contribution in [-0.2, 0) is 15.7 Å². The van der Waals surface area contributed by atoms with E-state index >= 15 is 0 Å². The Morgan fingerprint density at radius 3 is 2.00 bits per heavy atom. The molecule has 0 aliphatic carbocycles. The van der Waals surface area contributed by atoms with Crippen LogP contribution in [0.1, 0.15) is 33.3 Å². The number of benzene rings is 1. The molecule has 0 radical (unpaired) electrons. The fourth-order valence-electron chi connectivity index (χ4n) is 2.04. The van der Waals surface area contributed by atoms with E-state index in [0.29, 0.717) is 0 Å². The van der Waals surface area contributed by atoms with Crippen molar-refractivity contribution in [1.82, 2.24) is 0 Å². The van der Waals surface area contributed by atoms with Crippen LogP contribution >= 0.6 is 11.8 Å². The Morgan fingerprint density at radius 2 is 1.53 bits per heavy atom. The monoisotopic (exact) mass is 278 g/mol. The van der Waals surface area contributed by atoms with E-state index in [4.69, 9.17) is 9.31 Å². The first kappa shape index (κ1) is 15.0. The van der Waals surface area contributed by atoms with Gasteiger partial charge in [-0.05, 0) is 57.2 Å². The lowest BCUT2D eigenvalue weighted by atomic mass is 9.79. The molecule has 1 fully saturated rings. The van der Waals surface area contributed by atoms with E-state index in [1.54, 1.807) is 0 Å². The van der Waals surface area contributed by atoms with Crippen LogP contribution in [-0.4, -0.2) is 30.3 Å². The predicted molar refractivity (Wildman–Crippen MR) is 84.2 cm³/mol. The van der Waals surface area contributed by atoms with Gasteiger partial charge < -0.3 is 9.31 Å². The third kappa shape index (κ3) is 3.18. The van der Waals surface area contributed by atoms with E-state index in [2.05, 4.69) is 58.2 Å². The molecule has 0 spiro atoms. The van der Waals surface area contributed by atoms with E-state index in [-0.39, 0.29) is 18.3 Å². The first-order valence-corrected chi connectivity index (χ1v) is 8.18. The molecule has 1 saturated heterocycles. The minimum Gasteiger partial charge on any atom is -0.399 e. The van der Waals surface area contributed by atoms with Crippen LogP contribution in [0.4, 0.5) is 0 Å². The number of hydrogen-bond acceptors (Lipinski definition) is 3. The van der Waals surface area contributed by atoms with Crippen molar-refractivity contribution in [2.24, 2.45) is 0 Å². The third-order valence-electron chi connectivity index (χ3n) is 4.10. The molecule has 0 aromatic heterocycles. The highest BCUT2D eigenvalue weighted by Gasteiger charge is 2.51. The Bertz CT molecular complexity index is 412. The fourth-order valence-corrected chi connectivity index (χ4v) is 2.48. The van der Waals surface area contributed by atoms with Gasteiger partial charge in [0.25, 0.3) is 0 Å². The predicted octanol–water partition coefficient (Wildman–Crippen LogP) is 2.89. The quantitative estimate of drug-likeness (QED) is 0.789. The molecule has 104 valence electrons. The van der Waals surface area contributed by atoms with Crippen molar-refractivity contribution < 1.29 is 9.31 Å². The summed E-state index contributed by atoms with van der Waals surface area (Å²) in [6.07, 6.45) is 3.25. The average Bonchev–Trinajstić information content (AvgIpc) is 2.56. The second kappa shape index (κ2) is 5.51. The summed E-state index contributed by atoms with van der Waals surface area (Å²) in [6, 6.07) is 8.60. The summed E-state index contributed by atoms with van der Waals surface area (Å²) in [5.41, 5.74) is 1.94. The summed E-state index contributed by atoms with van der Waals surface area (Å²) in [6.45, 7) is 8.33. The molecular weight excluding hydrogens is 255 g/mol. The topological polar surface area (TPSA) is 18.5 Å². The molecule has 0 saturated carbocycles. The molecule has 0 amide bonds. The molecule has 0 bridgehead atoms. The van der Waals surface area contributed by atoms with Gasteiger partial charge in [0.2, 0.25) is 0 Å². The lowest BCUT2D eigenvalue weighted by Gasteiger charge is -2.32. The van der Waals surface area contributed by atoms with Crippen LogP contribution in [0, 0.1) is 0 Å². The van der Waals surface area contributed by atoms with Crippen molar-refractivity contribution in [2.75, 3.05) is 12.0 Å². The minimum absolute atomic E-state index is 0.250. The largest absolute Gasteiger partial charge is 0.494 e. The maximum Gasteiger partial charge on any atom is 0.494 e. The number of rotatable bonds is 4. The summed E-state index contributed by atoms with van der Waals surface area (Å²) in [7, 11) is -0.250. The number of thioether (sulfide) groups is 1. The molecule has 0 N–H and O–H groups in total. The summed E-state index contributed by atoms with van der Waals surface area (Å²) in [5.74, 6) is 1.16. The zero-order valence-electron chi connectivity index (χ0n) is 12.5. The van der Waals surface area contributed by atoms with Gasteiger partial charge in [0, 0.05) is 0 Å². The van der Waals surface area contributed by atoms with Gasteiger partial charge in [-0.25, -0.2) is 0 Å². The van der Waals surface area contributed by atoms with E-state index in [0.717, 1.165) is 17.6 Å². The molecule has 0 atom stereocenters. The molecule has 1 aromatic carbocycles. The van der Waals surface area contributed by atoms with E-state index < -0.39 is 0 Å². The van der Waals surface area contributed by atoms with Gasteiger partial charge in [0.15, 0.2) is 0 Å². The molecule has 1 heterocycles. The molecule has 4 heteroatoms. The summed E-state index contributed by atoms with van der Waals surface area (Å²) in [5, 5.41) is 0. The Balaban J connectivity index is 2.08. The van der Waals surface area contributed by atoms with Crippen LogP contribution < -0.4 is 5.46 Å². The van der Waals surface area contributed by atoms with Crippen LogP contribution in [0.3, 0.4) is 0 Å². The van der Waals surface area contributed by atoms with Crippen molar-refractivity contribution in [3.05, 3.63) is 29.8 Å². The van der Waals surface area contributed by atoms with E-state index in [1.165, 1.54) is 5.56 Å². The molecule has 2 nitrogen and oxygen atoms in total. The highest BCUT2D eigenvalue weighted by molar-refractivity contribution is 7.98. The van der Waals surface area contributed by atoms with Gasteiger partial charge in [-0.1, -0.05) is 24.3 Å². The zero-order chi connectivity index (χ0) is 14.1. The fraction of sp³-hybridized carbons (Fsp3) is 0.600. The van der Waals surface area contributed by atoms with Gasteiger partial charge >= 0.3 is 7.12 Å².